The maximum absolute atomic E-state index is 11.8. The Hall–Kier alpha value is -2.35. The van der Waals surface area contributed by atoms with Gasteiger partial charge in [0, 0.05) is 6.07 Å². The van der Waals surface area contributed by atoms with E-state index in [9.17, 15) is 14.9 Å². The number of hydrogen-bond acceptors (Lipinski definition) is 6. The van der Waals surface area contributed by atoms with Crippen molar-refractivity contribution in [3.8, 4) is 11.5 Å². The second-order valence-electron chi connectivity index (χ2n) is 3.59. The van der Waals surface area contributed by atoms with Gasteiger partial charge in [-0.15, -0.1) is 0 Å². The predicted octanol–water partition coefficient (Wildman–Crippen LogP) is 3.18. The molecule has 2 aromatic rings. The molecule has 0 radical (unpaired) electrons. The van der Waals surface area contributed by atoms with E-state index in [0.29, 0.717) is 4.67 Å². The highest BCUT2D eigenvalue weighted by Crippen LogP contribution is 2.32. The molecule has 0 saturated carbocycles. The van der Waals surface area contributed by atoms with Crippen LogP contribution in [0.3, 0.4) is 0 Å². The summed E-state index contributed by atoms with van der Waals surface area (Å²) in [6.45, 7) is 0. The Morgan fingerprint density at radius 3 is 2.60 bits per heavy atom. The first kappa shape index (κ1) is 14.1. The summed E-state index contributed by atoms with van der Waals surface area (Å²) in [4.78, 5) is 21.9. The number of nitro groups is 1. The number of nitrogens with zero attached hydrogens (tertiary/aromatic N) is 1. The number of ether oxygens (including phenoxy) is 2. The van der Waals surface area contributed by atoms with Crippen LogP contribution in [-0.2, 0) is 0 Å². The van der Waals surface area contributed by atoms with Gasteiger partial charge in [-0.2, -0.15) is 0 Å². The lowest BCUT2D eigenvalue weighted by atomic mass is 10.3. The highest BCUT2D eigenvalue weighted by molar-refractivity contribution is 9.10. The molecule has 0 bridgehead atoms. The number of halogens is 1. The van der Waals surface area contributed by atoms with Gasteiger partial charge in [0.2, 0.25) is 5.76 Å². The lowest BCUT2D eigenvalue weighted by Gasteiger charge is -2.07. The summed E-state index contributed by atoms with van der Waals surface area (Å²) in [5.41, 5.74) is -0.214. The van der Waals surface area contributed by atoms with Gasteiger partial charge in [-0.05, 0) is 34.1 Å². The van der Waals surface area contributed by atoms with Crippen molar-refractivity contribution >= 4 is 27.6 Å². The molecule has 0 unspecified atom stereocenters. The first-order valence-corrected chi connectivity index (χ1v) is 6.10. The Morgan fingerprint density at radius 1 is 1.30 bits per heavy atom. The van der Waals surface area contributed by atoms with Crippen LogP contribution in [0.15, 0.2) is 39.4 Å². The number of non-ortho nitro benzene ring substituents is 1. The Kier molecular flexibility index (Phi) is 4.04. The van der Waals surface area contributed by atoms with Crippen molar-refractivity contribution in [2.75, 3.05) is 7.11 Å². The second kappa shape index (κ2) is 5.74. The molecule has 0 atom stereocenters. The number of carbonyl (C=O) groups is 1. The number of furan rings is 1. The van der Waals surface area contributed by atoms with Crippen LogP contribution in [0.4, 0.5) is 5.69 Å². The fraction of sp³-hybridized carbons (Fsp3) is 0.0833. The zero-order valence-corrected chi connectivity index (χ0v) is 11.7. The Morgan fingerprint density at radius 2 is 2.05 bits per heavy atom. The largest absolute Gasteiger partial charge is 0.493 e. The van der Waals surface area contributed by atoms with Gasteiger partial charge in [0.25, 0.3) is 5.69 Å². The average molecular weight is 342 g/mol. The number of benzene rings is 1. The van der Waals surface area contributed by atoms with E-state index in [1.54, 1.807) is 0 Å². The van der Waals surface area contributed by atoms with Crippen LogP contribution >= 0.6 is 15.9 Å². The quantitative estimate of drug-likeness (QED) is 0.367. The smallest absolute Gasteiger partial charge is 0.379 e. The van der Waals surface area contributed by atoms with Gasteiger partial charge in [0.05, 0.1) is 18.1 Å². The summed E-state index contributed by atoms with van der Waals surface area (Å²) in [5, 5.41) is 10.7. The minimum absolute atomic E-state index is 0.0366. The molecule has 7 nitrogen and oxygen atoms in total. The third kappa shape index (κ3) is 2.97. The maximum Gasteiger partial charge on any atom is 0.379 e. The lowest BCUT2D eigenvalue weighted by Crippen LogP contribution is -2.08. The van der Waals surface area contributed by atoms with Crippen molar-refractivity contribution in [2.24, 2.45) is 0 Å². The van der Waals surface area contributed by atoms with Crippen molar-refractivity contribution in [1.29, 1.82) is 0 Å². The molecule has 104 valence electrons. The second-order valence-corrected chi connectivity index (χ2v) is 4.37. The highest BCUT2D eigenvalue weighted by Gasteiger charge is 2.18. The first-order valence-electron chi connectivity index (χ1n) is 5.31. The monoisotopic (exact) mass is 341 g/mol. The van der Waals surface area contributed by atoms with Gasteiger partial charge in [0.15, 0.2) is 16.2 Å². The molecule has 1 aromatic heterocycles. The molecule has 0 spiro atoms. The standard InChI is InChI=1S/C12H8BrNO6/c1-18-8-3-2-7(14(16)17)6-10(8)20-12(15)9-4-5-11(13)19-9/h2-6H,1H3. The van der Waals surface area contributed by atoms with E-state index in [-0.39, 0.29) is 22.9 Å². The van der Waals surface area contributed by atoms with Gasteiger partial charge in [-0.3, -0.25) is 10.1 Å². The number of carbonyl (C=O) groups excluding carboxylic acids is 1. The topological polar surface area (TPSA) is 91.8 Å². The van der Waals surface area contributed by atoms with E-state index in [4.69, 9.17) is 13.9 Å². The molecule has 0 saturated heterocycles. The fourth-order valence-corrected chi connectivity index (χ4v) is 1.74. The lowest BCUT2D eigenvalue weighted by molar-refractivity contribution is -0.384. The summed E-state index contributed by atoms with van der Waals surface area (Å²) in [5.74, 6) is -0.672. The maximum atomic E-state index is 11.8. The molecule has 1 aromatic carbocycles. The number of esters is 1. The molecule has 0 N–H and O–H groups in total. The van der Waals surface area contributed by atoms with Crippen LogP contribution in [-0.4, -0.2) is 18.0 Å². The van der Waals surface area contributed by atoms with Crippen molar-refractivity contribution in [1.82, 2.24) is 0 Å². The molecule has 8 heteroatoms. The summed E-state index contributed by atoms with van der Waals surface area (Å²) in [6.07, 6.45) is 0. The van der Waals surface area contributed by atoms with Gasteiger partial charge in [0.1, 0.15) is 0 Å². The minimum atomic E-state index is -0.783. The number of rotatable bonds is 4. The average Bonchev–Trinajstić information content (AvgIpc) is 2.85. The molecule has 0 aliphatic carbocycles. The molecule has 0 fully saturated rings. The van der Waals surface area contributed by atoms with Crippen LogP contribution in [0.1, 0.15) is 10.6 Å². The van der Waals surface area contributed by atoms with Crippen molar-refractivity contribution in [3.63, 3.8) is 0 Å². The molecule has 20 heavy (non-hydrogen) atoms. The van der Waals surface area contributed by atoms with E-state index in [2.05, 4.69) is 15.9 Å². The van der Waals surface area contributed by atoms with Gasteiger partial charge < -0.3 is 13.9 Å². The number of hydrogen-bond donors (Lipinski definition) is 0. The van der Waals surface area contributed by atoms with Crippen molar-refractivity contribution in [2.45, 2.75) is 0 Å². The summed E-state index contributed by atoms with van der Waals surface area (Å²) in [6, 6.07) is 6.64. The molecule has 0 aliphatic rings. The number of methoxy groups -OCH3 is 1. The molecular formula is C12H8BrNO6. The Balaban J connectivity index is 2.29. The SMILES string of the molecule is COc1ccc([N+](=O)[O-])cc1OC(=O)c1ccc(Br)o1. The van der Waals surface area contributed by atoms with Crippen LogP contribution in [0.5, 0.6) is 11.5 Å². The van der Waals surface area contributed by atoms with Gasteiger partial charge in [-0.1, -0.05) is 0 Å². The van der Waals surface area contributed by atoms with Crippen LogP contribution in [0.25, 0.3) is 0 Å². The van der Waals surface area contributed by atoms with E-state index in [1.807, 2.05) is 0 Å². The molecule has 0 aliphatic heterocycles. The summed E-state index contributed by atoms with van der Waals surface area (Å²) in [7, 11) is 1.36. The molecule has 0 amide bonds. The zero-order valence-electron chi connectivity index (χ0n) is 10.2. The summed E-state index contributed by atoms with van der Waals surface area (Å²) < 4.78 is 15.4. The van der Waals surface area contributed by atoms with Crippen molar-refractivity contribution < 1.29 is 23.6 Å². The van der Waals surface area contributed by atoms with Gasteiger partial charge >= 0.3 is 5.97 Å². The van der Waals surface area contributed by atoms with Crippen LogP contribution in [0, 0.1) is 10.1 Å². The Bertz CT molecular complexity index is 666. The Labute approximate surface area is 121 Å². The van der Waals surface area contributed by atoms with Crippen molar-refractivity contribution in [3.05, 3.63) is 50.9 Å². The first-order chi connectivity index (χ1) is 9.51. The normalized spacial score (nSPS) is 10.1. The fourth-order valence-electron chi connectivity index (χ4n) is 1.43. The number of nitro benzene ring substituents is 1. The van der Waals surface area contributed by atoms with E-state index >= 15 is 0 Å². The molecule has 1 heterocycles. The molecular weight excluding hydrogens is 334 g/mol. The minimum Gasteiger partial charge on any atom is -0.493 e. The third-order valence-electron chi connectivity index (χ3n) is 2.34. The van der Waals surface area contributed by atoms with E-state index < -0.39 is 10.9 Å². The zero-order chi connectivity index (χ0) is 14.7. The third-order valence-corrected chi connectivity index (χ3v) is 2.76. The van der Waals surface area contributed by atoms with E-state index in [1.165, 1.54) is 31.4 Å². The molecule has 2 rings (SSSR count). The predicted molar refractivity (Wildman–Crippen MR) is 71.0 cm³/mol. The highest BCUT2D eigenvalue weighted by atomic mass is 79.9. The van der Waals surface area contributed by atoms with Gasteiger partial charge in [-0.25, -0.2) is 4.79 Å². The van der Waals surface area contributed by atoms with Crippen LogP contribution in [0.2, 0.25) is 0 Å². The van der Waals surface area contributed by atoms with Crippen LogP contribution < -0.4 is 9.47 Å². The summed E-state index contributed by atoms with van der Waals surface area (Å²) >= 11 is 3.06. The van der Waals surface area contributed by atoms with E-state index in [0.717, 1.165) is 6.07 Å².